The van der Waals surface area contributed by atoms with Gasteiger partial charge in [-0.2, -0.15) is 0 Å². The van der Waals surface area contributed by atoms with Crippen molar-refractivity contribution in [3.63, 3.8) is 0 Å². The minimum Gasteiger partial charge on any atom is -0.459 e. The molecule has 0 aliphatic heterocycles. The first-order valence-corrected chi connectivity index (χ1v) is 5.78. The maximum absolute atomic E-state index is 11.6. The highest BCUT2D eigenvalue weighted by Gasteiger charge is 2.09. The Morgan fingerprint density at radius 2 is 1.94 bits per heavy atom. The average molecular weight is 260 g/mol. The van der Waals surface area contributed by atoms with Crippen LogP contribution in [0.15, 0.2) is 47.1 Å². The summed E-state index contributed by atoms with van der Waals surface area (Å²) in [6.07, 6.45) is 1.44. The summed E-state index contributed by atoms with van der Waals surface area (Å²) in [5.41, 5.74) is 1.98. The summed E-state index contributed by atoms with van der Waals surface area (Å²) < 4.78 is 4.96. The van der Waals surface area contributed by atoms with Gasteiger partial charge in [-0.25, -0.2) is 0 Å². The standard InChI is InChI=1S/C13H12N2O2S/c1-9-4-6-10(7-5-9)14-13(18)15-12(16)11-3-2-8-17-11/h2-8H,1H3,(H2,14,15,16,18). The van der Waals surface area contributed by atoms with E-state index >= 15 is 0 Å². The largest absolute Gasteiger partial charge is 0.459 e. The Labute approximate surface area is 110 Å². The molecule has 1 aromatic heterocycles. The molecule has 4 nitrogen and oxygen atoms in total. The molecule has 0 atom stereocenters. The quantitative estimate of drug-likeness (QED) is 0.815. The predicted molar refractivity (Wildman–Crippen MR) is 73.6 cm³/mol. The normalized spacial score (nSPS) is 9.83. The zero-order chi connectivity index (χ0) is 13.0. The van der Waals surface area contributed by atoms with Crippen LogP contribution in [0.4, 0.5) is 5.69 Å². The molecular weight excluding hydrogens is 248 g/mol. The topological polar surface area (TPSA) is 54.3 Å². The van der Waals surface area contributed by atoms with Crippen LogP contribution in [0.2, 0.25) is 0 Å². The second kappa shape index (κ2) is 5.46. The number of furan rings is 1. The van der Waals surface area contributed by atoms with Crippen molar-refractivity contribution in [1.82, 2.24) is 5.32 Å². The molecule has 0 unspecified atom stereocenters. The third-order valence-corrected chi connectivity index (χ3v) is 2.49. The van der Waals surface area contributed by atoms with Crippen molar-refractivity contribution in [3.05, 3.63) is 54.0 Å². The second-order valence-corrected chi connectivity index (χ2v) is 4.16. The highest BCUT2D eigenvalue weighted by atomic mass is 32.1. The minimum atomic E-state index is -0.371. The summed E-state index contributed by atoms with van der Waals surface area (Å²) in [5.74, 6) is -0.146. The number of anilines is 1. The number of thiocarbonyl (C=S) groups is 1. The zero-order valence-electron chi connectivity index (χ0n) is 9.77. The van der Waals surface area contributed by atoms with E-state index < -0.39 is 0 Å². The highest BCUT2D eigenvalue weighted by Crippen LogP contribution is 2.08. The fourth-order valence-corrected chi connectivity index (χ4v) is 1.58. The van der Waals surface area contributed by atoms with Crippen molar-refractivity contribution in [2.24, 2.45) is 0 Å². The van der Waals surface area contributed by atoms with Crippen LogP contribution in [0.5, 0.6) is 0 Å². The number of hydrogen-bond donors (Lipinski definition) is 2. The van der Waals surface area contributed by atoms with Gasteiger partial charge < -0.3 is 9.73 Å². The lowest BCUT2D eigenvalue weighted by molar-refractivity contribution is 0.0950. The zero-order valence-corrected chi connectivity index (χ0v) is 10.6. The van der Waals surface area contributed by atoms with E-state index in [4.69, 9.17) is 16.6 Å². The molecule has 0 fully saturated rings. The van der Waals surface area contributed by atoms with E-state index in [1.807, 2.05) is 31.2 Å². The van der Waals surface area contributed by atoms with Gasteiger partial charge in [0.2, 0.25) is 0 Å². The van der Waals surface area contributed by atoms with Crippen LogP contribution in [0, 0.1) is 6.92 Å². The molecule has 92 valence electrons. The van der Waals surface area contributed by atoms with E-state index in [9.17, 15) is 4.79 Å². The Bertz CT molecular complexity index is 547. The Morgan fingerprint density at radius 3 is 2.56 bits per heavy atom. The van der Waals surface area contributed by atoms with E-state index in [-0.39, 0.29) is 16.8 Å². The fraction of sp³-hybridized carbons (Fsp3) is 0.0769. The van der Waals surface area contributed by atoms with Crippen molar-refractivity contribution in [1.29, 1.82) is 0 Å². The lowest BCUT2D eigenvalue weighted by Gasteiger charge is -2.08. The lowest BCUT2D eigenvalue weighted by atomic mass is 10.2. The molecule has 0 aliphatic carbocycles. The van der Waals surface area contributed by atoms with Gasteiger partial charge in [0.1, 0.15) is 0 Å². The second-order valence-electron chi connectivity index (χ2n) is 3.75. The molecule has 1 aromatic carbocycles. The van der Waals surface area contributed by atoms with E-state index in [1.54, 1.807) is 12.1 Å². The van der Waals surface area contributed by atoms with Crippen LogP contribution in [-0.2, 0) is 0 Å². The Hall–Kier alpha value is -2.14. The number of rotatable bonds is 2. The summed E-state index contributed by atoms with van der Waals surface area (Å²) >= 11 is 5.03. The van der Waals surface area contributed by atoms with Crippen molar-refractivity contribution >= 4 is 28.9 Å². The van der Waals surface area contributed by atoms with Crippen molar-refractivity contribution in [3.8, 4) is 0 Å². The fourth-order valence-electron chi connectivity index (χ4n) is 1.37. The molecule has 1 amide bonds. The number of benzene rings is 1. The minimum absolute atomic E-state index is 0.225. The third-order valence-electron chi connectivity index (χ3n) is 2.28. The van der Waals surface area contributed by atoms with Crippen molar-refractivity contribution < 1.29 is 9.21 Å². The van der Waals surface area contributed by atoms with Crippen LogP contribution in [0.25, 0.3) is 0 Å². The lowest BCUT2D eigenvalue weighted by Crippen LogP contribution is -2.33. The van der Waals surface area contributed by atoms with E-state index in [1.165, 1.54) is 6.26 Å². The summed E-state index contributed by atoms with van der Waals surface area (Å²) in [6.45, 7) is 2.00. The van der Waals surface area contributed by atoms with Gasteiger partial charge in [0, 0.05) is 5.69 Å². The Balaban J connectivity index is 1.93. The van der Waals surface area contributed by atoms with Crippen molar-refractivity contribution in [2.45, 2.75) is 6.92 Å². The van der Waals surface area contributed by atoms with E-state index in [2.05, 4.69) is 10.6 Å². The number of hydrogen-bond acceptors (Lipinski definition) is 3. The summed E-state index contributed by atoms with van der Waals surface area (Å²) in [5, 5.41) is 5.69. The number of carbonyl (C=O) groups is 1. The van der Waals surface area contributed by atoms with Gasteiger partial charge in [0.15, 0.2) is 10.9 Å². The van der Waals surface area contributed by atoms with Gasteiger partial charge in [-0.3, -0.25) is 10.1 Å². The van der Waals surface area contributed by atoms with Gasteiger partial charge in [-0.15, -0.1) is 0 Å². The summed E-state index contributed by atoms with van der Waals surface area (Å²) in [6, 6.07) is 10.9. The third kappa shape index (κ3) is 3.18. The van der Waals surface area contributed by atoms with Gasteiger partial charge in [0.25, 0.3) is 5.91 Å². The number of aryl methyl sites for hydroxylation is 1. The number of amides is 1. The first-order chi connectivity index (χ1) is 8.65. The molecule has 18 heavy (non-hydrogen) atoms. The van der Waals surface area contributed by atoms with Crippen LogP contribution < -0.4 is 10.6 Å². The molecule has 0 aliphatic rings. The molecule has 2 N–H and O–H groups in total. The summed E-state index contributed by atoms with van der Waals surface area (Å²) in [7, 11) is 0. The predicted octanol–water partition coefficient (Wildman–Crippen LogP) is 2.71. The molecule has 2 aromatic rings. The maximum Gasteiger partial charge on any atom is 0.293 e. The molecule has 0 spiro atoms. The van der Waals surface area contributed by atoms with Gasteiger partial charge in [-0.1, -0.05) is 17.7 Å². The SMILES string of the molecule is Cc1ccc(NC(=S)NC(=O)c2ccco2)cc1. The molecule has 0 saturated heterocycles. The number of carbonyl (C=O) groups excluding carboxylic acids is 1. The maximum atomic E-state index is 11.6. The van der Waals surface area contributed by atoms with Gasteiger partial charge in [-0.05, 0) is 43.4 Å². The van der Waals surface area contributed by atoms with Crippen LogP contribution in [-0.4, -0.2) is 11.0 Å². The molecule has 2 rings (SSSR count). The Morgan fingerprint density at radius 1 is 1.22 bits per heavy atom. The number of nitrogens with one attached hydrogen (secondary N) is 2. The summed E-state index contributed by atoms with van der Waals surface area (Å²) in [4.78, 5) is 11.6. The highest BCUT2D eigenvalue weighted by molar-refractivity contribution is 7.80. The molecular formula is C13H12N2O2S. The monoisotopic (exact) mass is 260 g/mol. The van der Waals surface area contributed by atoms with Crippen LogP contribution in [0.3, 0.4) is 0 Å². The Kier molecular flexibility index (Phi) is 3.74. The molecule has 0 saturated carbocycles. The first kappa shape index (κ1) is 12.3. The van der Waals surface area contributed by atoms with E-state index in [0.29, 0.717) is 0 Å². The van der Waals surface area contributed by atoms with Crippen LogP contribution >= 0.6 is 12.2 Å². The molecule has 0 radical (unpaired) electrons. The molecule has 1 heterocycles. The van der Waals surface area contributed by atoms with Crippen molar-refractivity contribution in [2.75, 3.05) is 5.32 Å². The van der Waals surface area contributed by atoms with Gasteiger partial charge in [0.05, 0.1) is 6.26 Å². The smallest absolute Gasteiger partial charge is 0.293 e. The first-order valence-electron chi connectivity index (χ1n) is 5.37. The van der Waals surface area contributed by atoms with Gasteiger partial charge >= 0.3 is 0 Å². The molecule has 0 bridgehead atoms. The van der Waals surface area contributed by atoms with E-state index in [0.717, 1.165) is 11.3 Å². The van der Waals surface area contributed by atoms with Crippen LogP contribution in [0.1, 0.15) is 16.1 Å². The average Bonchev–Trinajstić information content (AvgIpc) is 2.85. The molecule has 5 heteroatoms.